The molecule has 0 spiro atoms. The molecule has 0 aromatic heterocycles. The summed E-state index contributed by atoms with van der Waals surface area (Å²) in [6, 6.07) is 0. The first kappa shape index (κ1) is 50.7. The van der Waals surface area contributed by atoms with Crippen LogP contribution in [0.25, 0.3) is 0 Å². The van der Waals surface area contributed by atoms with Crippen molar-refractivity contribution in [3.8, 4) is 0 Å². The molecular weight excluding hydrogens is 743 g/mol. The fourth-order valence-corrected chi connectivity index (χ4v) is 7.43. The number of hydrogen-bond donors (Lipinski definition) is 1. The number of amides is 1. The second-order valence-corrected chi connectivity index (χ2v) is 16.9. The van der Waals surface area contributed by atoms with Crippen molar-refractivity contribution in [1.29, 1.82) is 0 Å². The molecule has 1 N–H and O–H groups in total. The number of ketones is 2. The van der Waals surface area contributed by atoms with E-state index in [1.165, 1.54) is 54.5 Å². The van der Waals surface area contributed by atoms with Gasteiger partial charge >= 0.3 is 12.1 Å². The van der Waals surface area contributed by atoms with Crippen molar-refractivity contribution in [2.45, 2.75) is 152 Å². The van der Waals surface area contributed by atoms with Gasteiger partial charge in [0.25, 0.3) is 0 Å². The van der Waals surface area contributed by atoms with E-state index >= 15 is 0 Å². The maximum atomic E-state index is 13.5. The molecule has 2 aliphatic rings. The molecule has 2 aliphatic carbocycles. The van der Waals surface area contributed by atoms with Crippen molar-refractivity contribution in [2.75, 3.05) is 20.8 Å². The van der Waals surface area contributed by atoms with Gasteiger partial charge in [0.1, 0.15) is 12.2 Å². The van der Waals surface area contributed by atoms with E-state index in [1.54, 1.807) is 12.2 Å². The zero-order valence-corrected chi connectivity index (χ0v) is 38.3. The number of hydrogen-bond acceptors (Lipinski definition) is 8. The van der Waals surface area contributed by atoms with E-state index < -0.39 is 18.3 Å². The highest BCUT2D eigenvalue weighted by Gasteiger charge is 2.40. The molecule has 0 radical (unpaired) electrons. The summed E-state index contributed by atoms with van der Waals surface area (Å²) in [5.41, 5.74) is 7.76. The van der Waals surface area contributed by atoms with Crippen LogP contribution in [0.2, 0.25) is 0 Å². The lowest BCUT2D eigenvalue weighted by Crippen LogP contribution is -2.40. The number of nitrogens with one attached hydrogen (secondary N) is 1. The van der Waals surface area contributed by atoms with Gasteiger partial charge in [0, 0.05) is 56.2 Å². The van der Waals surface area contributed by atoms with Crippen LogP contribution >= 0.6 is 0 Å². The number of methoxy groups -OCH3 is 1. The first-order chi connectivity index (χ1) is 28.0. The van der Waals surface area contributed by atoms with Crippen LogP contribution in [0.4, 0.5) is 4.79 Å². The Labute approximate surface area is 356 Å². The molecule has 59 heavy (non-hydrogen) atoms. The number of rotatable bonds is 23. The highest BCUT2D eigenvalue weighted by molar-refractivity contribution is 5.97. The third-order valence-electron chi connectivity index (χ3n) is 11.5. The minimum absolute atomic E-state index is 0.0529. The average molecular weight is 818 g/mol. The molecule has 328 valence electrons. The van der Waals surface area contributed by atoms with Gasteiger partial charge in [-0.05, 0) is 113 Å². The van der Waals surface area contributed by atoms with Crippen molar-refractivity contribution in [3.63, 3.8) is 0 Å². The number of alkyl carbamates (subject to hydrolysis) is 1. The molecule has 0 heterocycles. The van der Waals surface area contributed by atoms with E-state index in [0.717, 1.165) is 51.4 Å². The molecule has 6 atom stereocenters. The second-order valence-electron chi connectivity index (χ2n) is 16.9. The Morgan fingerprint density at radius 2 is 1.00 bits per heavy atom. The molecule has 0 aromatic carbocycles. The lowest BCUT2D eigenvalue weighted by Gasteiger charge is -2.33. The quantitative estimate of drug-likeness (QED) is 0.0800. The van der Waals surface area contributed by atoms with E-state index in [4.69, 9.17) is 18.9 Å². The number of carbonyl (C=O) groups is 4. The monoisotopic (exact) mass is 818 g/mol. The standard InChI is InChI=1S/C50H75NO8/c1-33(2)17-13-18-34(3)19-14-22-37(6)26-28-43-40(9)49(54)47(32-45(43)59-50(55)51-11)57-30-29-38(7)24-16-21-35(4)20-15-23-36(5)25-27-42-39(8)48(53)46(56-12)31-44(42)58-41(10)52/h17,19-20,24-26,31-32,39-40,42-45H,13-16,18,21-23,27-30H2,1-12H3,(H,51,55)/b34-19+,35-20+,36-25+,37-26+,38-24+. The maximum absolute atomic E-state index is 13.5. The fourth-order valence-electron chi connectivity index (χ4n) is 7.43. The molecule has 0 aromatic rings. The van der Waals surface area contributed by atoms with E-state index in [1.807, 2.05) is 13.8 Å². The summed E-state index contributed by atoms with van der Waals surface area (Å²) in [7, 11) is 3.00. The molecule has 0 saturated carbocycles. The molecule has 1 amide bonds. The summed E-state index contributed by atoms with van der Waals surface area (Å²) in [5.74, 6) is -0.936. The number of ether oxygens (including phenoxy) is 4. The predicted octanol–water partition coefficient (Wildman–Crippen LogP) is 11.7. The van der Waals surface area contributed by atoms with E-state index in [0.29, 0.717) is 25.9 Å². The van der Waals surface area contributed by atoms with Crippen LogP contribution in [0.3, 0.4) is 0 Å². The Bertz CT molecular complexity index is 1680. The lowest BCUT2D eigenvalue weighted by atomic mass is 9.78. The Balaban J connectivity index is 1.88. The average Bonchev–Trinajstić information content (AvgIpc) is 3.17. The number of allylic oxidation sites excluding steroid dienone is 13. The Hall–Kier alpha value is -4.40. The normalized spacial score (nSPS) is 23.3. The van der Waals surface area contributed by atoms with Crippen molar-refractivity contribution < 1.29 is 38.1 Å². The van der Waals surface area contributed by atoms with Crippen LogP contribution in [0.1, 0.15) is 140 Å². The van der Waals surface area contributed by atoms with Crippen LogP contribution in [0.15, 0.2) is 93.6 Å². The molecule has 0 fully saturated rings. The third kappa shape index (κ3) is 18.6. The van der Waals surface area contributed by atoms with E-state index in [2.05, 4.69) is 90.2 Å². The predicted molar refractivity (Wildman–Crippen MR) is 238 cm³/mol. The number of Topliss-reactive ketones (excluding diaryl/α,β-unsaturated/α-hetero) is 2. The molecule has 6 unspecified atom stereocenters. The summed E-state index contributed by atoms with van der Waals surface area (Å²) in [6.07, 6.45) is 24.9. The van der Waals surface area contributed by atoms with Crippen LogP contribution in [0, 0.1) is 23.7 Å². The second kappa shape index (κ2) is 26.6. The Kier molecular flexibility index (Phi) is 22.9. The lowest BCUT2D eigenvalue weighted by molar-refractivity contribution is -0.149. The molecule has 0 aliphatic heterocycles. The van der Waals surface area contributed by atoms with Gasteiger partial charge in [-0.2, -0.15) is 0 Å². The summed E-state index contributed by atoms with van der Waals surface area (Å²) in [4.78, 5) is 50.2. The van der Waals surface area contributed by atoms with Crippen molar-refractivity contribution >= 4 is 23.6 Å². The van der Waals surface area contributed by atoms with E-state index in [-0.39, 0.29) is 52.7 Å². The van der Waals surface area contributed by atoms with E-state index in [9.17, 15) is 19.2 Å². The summed E-state index contributed by atoms with van der Waals surface area (Å²) >= 11 is 0. The van der Waals surface area contributed by atoms with Crippen molar-refractivity contribution in [2.24, 2.45) is 23.7 Å². The molecule has 9 heteroatoms. The van der Waals surface area contributed by atoms with Gasteiger partial charge < -0.3 is 24.3 Å². The zero-order chi connectivity index (χ0) is 44.1. The molecule has 0 saturated heterocycles. The molecular formula is C50H75NO8. The largest absolute Gasteiger partial charge is 0.493 e. The van der Waals surface area contributed by atoms with Crippen LogP contribution < -0.4 is 5.32 Å². The van der Waals surface area contributed by atoms with Crippen molar-refractivity contribution in [1.82, 2.24) is 5.32 Å². The smallest absolute Gasteiger partial charge is 0.407 e. The van der Waals surface area contributed by atoms with Crippen LogP contribution in [-0.2, 0) is 33.3 Å². The third-order valence-corrected chi connectivity index (χ3v) is 11.5. The Morgan fingerprint density at radius 3 is 1.44 bits per heavy atom. The molecule has 9 nitrogen and oxygen atoms in total. The highest BCUT2D eigenvalue weighted by atomic mass is 16.6. The fraction of sp³-hybridized carbons (Fsp3) is 0.600. The first-order valence-corrected chi connectivity index (χ1v) is 21.6. The number of esters is 1. The summed E-state index contributed by atoms with van der Waals surface area (Å²) in [6.45, 7) is 20.4. The zero-order valence-electron chi connectivity index (χ0n) is 38.3. The van der Waals surface area contributed by atoms with Gasteiger partial charge in [0.05, 0.1) is 13.7 Å². The van der Waals surface area contributed by atoms with Gasteiger partial charge in [-0.1, -0.05) is 83.7 Å². The molecule has 2 rings (SSSR count). The summed E-state index contributed by atoms with van der Waals surface area (Å²) < 4.78 is 22.6. The SMILES string of the molecule is CNC(=O)OC1C=C(OCC/C(C)=C/CC/C(C)=C/CC/C(C)=C/CC2C(OC(C)=O)C=C(OC)C(=O)C2C)C(=O)C(C)C1C/C=C(\C)CC/C=C(\C)CCC=C(C)C. The minimum Gasteiger partial charge on any atom is -0.493 e. The van der Waals surface area contributed by atoms with Gasteiger partial charge in [-0.3, -0.25) is 14.4 Å². The van der Waals surface area contributed by atoms with Crippen LogP contribution in [-0.4, -0.2) is 56.6 Å². The van der Waals surface area contributed by atoms with Gasteiger partial charge in [-0.25, -0.2) is 4.79 Å². The first-order valence-electron chi connectivity index (χ1n) is 21.6. The topological polar surface area (TPSA) is 117 Å². The van der Waals surface area contributed by atoms with Gasteiger partial charge in [0.2, 0.25) is 0 Å². The minimum atomic E-state index is -0.572. The molecule has 0 bridgehead atoms. The summed E-state index contributed by atoms with van der Waals surface area (Å²) in [5, 5.41) is 2.54. The number of carbonyl (C=O) groups excluding carboxylic acids is 4. The highest BCUT2D eigenvalue weighted by Crippen LogP contribution is 2.34. The van der Waals surface area contributed by atoms with Crippen LogP contribution in [0.5, 0.6) is 0 Å². The van der Waals surface area contributed by atoms with Gasteiger partial charge in [-0.15, -0.1) is 0 Å². The van der Waals surface area contributed by atoms with Gasteiger partial charge in [0.15, 0.2) is 23.1 Å². The maximum Gasteiger partial charge on any atom is 0.407 e. The Morgan fingerprint density at radius 1 is 0.593 bits per heavy atom. The van der Waals surface area contributed by atoms with Crippen molar-refractivity contribution in [3.05, 3.63) is 93.6 Å².